The molecule has 0 saturated carbocycles. The van der Waals surface area contributed by atoms with Crippen molar-refractivity contribution in [2.75, 3.05) is 0 Å². The fraction of sp³-hybridized carbons (Fsp3) is 0.111. The highest BCUT2D eigenvalue weighted by Crippen LogP contribution is 2.29. The van der Waals surface area contributed by atoms with Gasteiger partial charge in [-0.1, -0.05) is 29.8 Å². The second kappa shape index (κ2) is 5.37. The molecule has 0 aliphatic carbocycles. The number of aryl methyl sites for hydroxylation is 2. The van der Waals surface area contributed by atoms with Crippen LogP contribution < -0.4 is 0 Å². The Labute approximate surface area is 123 Å². The molecule has 1 aliphatic heterocycles. The SMILES string of the molecule is Cc1ccc(C2=C/C(=C/c3cccnc3)C(=O)O2)c(C)c1. The highest BCUT2D eigenvalue weighted by molar-refractivity contribution is 6.05. The van der Waals surface area contributed by atoms with Crippen LogP contribution in [0.25, 0.3) is 11.8 Å². The molecule has 0 amide bonds. The number of esters is 1. The predicted octanol–water partition coefficient (Wildman–Crippen LogP) is 3.68. The van der Waals surface area contributed by atoms with Crippen molar-refractivity contribution < 1.29 is 9.53 Å². The van der Waals surface area contributed by atoms with Crippen LogP contribution in [0.1, 0.15) is 22.3 Å². The summed E-state index contributed by atoms with van der Waals surface area (Å²) in [4.78, 5) is 16.0. The van der Waals surface area contributed by atoms with Crippen molar-refractivity contribution in [2.45, 2.75) is 13.8 Å². The first kappa shape index (κ1) is 13.3. The van der Waals surface area contributed by atoms with E-state index in [4.69, 9.17) is 4.74 Å². The molecule has 0 N–H and O–H groups in total. The molecule has 0 fully saturated rings. The standard InChI is InChI=1S/C18H15NO2/c1-12-5-6-16(13(2)8-12)17-10-15(18(20)21-17)9-14-4-3-7-19-11-14/h3-11H,1-2H3/b15-9-. The molecule has 104 valence electrons. The second-order valence-corrected chi connectivity index (χ2v) is 5.10. The van der Waals surface area contributed by atoms with Gasteiger partial charge >= 0.3 is 5.97 Å². The van der Waals surface area contributed by atoms with Crippen LogP contribution in [0.5, 0.6) is 0 Å². The zero-order valence-electron chi connectivity index (χ0n) is 12.0. The average molecular weight is 277 g/mol. The molecular formula is C18H15NO2. The molecular weight excluding hydrogens is 262 g/mol. The van der Waals surface area contributed by atoms with Gasteiger partial charge in [-0.25, -0.2) is 4.79 Å². The maximum absolute atomic E-state index is 12.0. The molecule has 1 aromatic heterocycles. The van der Waals surface area contributed by atoms with Crippen molar-refractivity contribution in [1.29, 1.82) is 0 Å². The molecule has 0 unspecified atom stereocenters. The number of aromatic nitrogens is 1. The maximum Gasteiger partial charge on any atom is 0.343 e. The summed E-state index contributed by atoms with van der Waals surface area (Å²) in [6.45, 7) is 4.05. The number of carbonyl (C=O) groups is 1. The van der Waals surface area contributed by atoms with Gasteiger partial charge in [-0.2, -0.15) is 0 Å². The van der Waals surface area contributed by atoms with E-state index in [1.165, 1.54) is 5.56 Å². The fourth-order valence-corrected chi connectivity index (χ4v) is 2.35. The first-order chi connectivity index (χ1) is 10.1. The zero-order chi connectivity index (χ0) is 14.8. The Bertz CT molecular complexity index is 758. The molecule has 3 nitrogen and oxygen atoms in total. The molecule has 0 bridgehead atoms. The Morgan fingerprint density at radius 3 is 2.76 bits per heavy atom. The molecule has 2 aromatic rings. The molecule has 0 atom stereocenters. The number of ether oxygens (including phenoxy) is 1. The molecule has 21 heavy (non-hydrogen) atoms. The summed E-state index contributed by atoms with van der Waals surface area (Å²) in [5.74, 6) is 0.279. The van der Waals surface area contributed by atoms with E-state index in [0.29, 0.717) is 11.3 Å². The number of carbonyl (C=O) groups excluding carboxylic acids is 1. The van der Waals surface area contributed by atoms with E-state index in [1.807, 2.05) is 38.1 Å². The van der Waals surface area contributed by atoms with Crippen molar-refractivity contribution in [3.63, 3.8) is 0 Å². The number of hydrogen-bond donors (Lipinski definition) is 0. The van der Waals surface area contributed by atoms with Gasteiger partial charge in [0.25, 0.3) is 0 Å². The van der Waals surface area contributed by atoms with Crippen molar-refractivity contribution >= 4 is 17.8 Å². The van der Waals surface area contributed by atoms with Gasteiger partial charge in [-0.15, -0.1) is 0 Å². The van der Waals surface area contributed by atoms with Crippen LogP contribution in [0.2, 0.25) is 0 Å². The van der Waals surface area contributed by atoms with E-state index >= 15 is 0 Å². The highest BCUT2D eigenvalue weighted by Gasteiger charge is 2.22. The Morgan fingerprint density at radius 2 is 2.05 bits per heavy atom. The van der Waals surface area contributed by atoms with Gasteiger partial charge in [-0.05, 0) is 43.2 Å². The van der Waals surface area contributed by atoms with E-state index in [0.717, 1.165) is 16.7 Å². The molecule has 0 radical (unpaired) electrons. The van der Waals surface area contributed by atoms with E-state index in [-0.39, 0.29) is 5.97 Å². The van der Waals surface area contributed by atoms with Gasteiger partial charge in [0.2, 0.25) is 0 Å². The summed E-state index contributed by atoms with van der Waals surface area (Å²) in [7, 11) is 0. The molecule has 1 aliphatic rings. The molecule has 1 aromatic carbocycles. The van der Waals surface area contributed by atoms with Crippen molar-refractivity contribution in [3.8, 4) is 0 Å². The zero-order valence-corrected chi connectivity index (χ0v) is 12.0. The highest BCUT2D eigenvalue weighted by atomic mass is 16.5. The maximum atomic E-state index is 12.0. The normalized spacial score (nSPS) is 16.0. The van der Waals surface area contributed by atoms with Crippen LogP contribution in [0, 0.1) is 13.8 Å². The number of cyclic esters (lactones) is 1. The molecule has 2 heterocycles. The second-order valence-electron chi connectivity index (χ2n) is 5.10. The van der Waals surface area contributed by atoms with E-state index in [9.17, 15) is 4.79 Å². The first-order valence-corrected chi connectivity index (χ1v) is 6.77. The number of benzene rings is 1. The Hall–Kier alpha value is -2.68. The third-order valence-corrected chi connectivity index (χ3v) is 3.38. The Balaban J connectivity index is 1.97. The lowest BCUT2D eigenvalue weighted by atomic mass is 10.0. The van der Waals surface area contributed by atoms with Gasteiger partial charge in [-0.3, -0.25) is 4.98 Å². The number of rotatable bonds is 2. The minimum atomic E-state index is -0.325. The molecule has 3 rings (SSSR count). The third kappa shape index (κ3) is 2.77. The van der Waals surface area contributed by atoms with Gasteiger partial charge in [0.1, 0.15) is 5.76 Å². The Kier molecular flexibility index (Phi) is 3.40. The summed E-state index contributed by atoms with van der Waals surface area (Å²) >= 11 is 0. The van der Waals surface area contributed by atoms with Crippen LogP contribution in [0.3, 0.4) is 0 Å². The van der Waals surface area contributed by atoms with Crippen LogP contribution >= 0.6 is 0 Å². The lowest BCUT2D eigenvalue weighted by Gasteiger charge is -2.06. The third-order valence-electron chi connectivity index (χ3n) is 3.38. The van der Waals surface area contributed by atoms with Gasteiger partial charge in [0.05, 0.1) is 5.57 Å². The fourth-order valence-electron chi connectivity index (χ4n) is 2.35. The van der Waals surface area contributed by atoms with Crippen LogP contribution in [-0.2, 0) is 9.53 Å². The smallest absolute Gasteiger partial charge is 0.343 e. The summed E-state index contributed by atoms with van der Waals surface area (Å²) in [5, 5.41) is 0. The minimum absolute atomic E-state index is 0.325. The molecule has 0 saturated heterocycles. The lowest BCUT2D eigenvalue weighted by Crippen LogP contribution is -1.98. The lowest BCUT2D eigenvalue weighted by molar-refractivity contribution is -0.130. The van der Waals surface area contributed by atoms with E-state index < -0.39 is 0 Å². The monoisotopic (exact) mass is 277 g/mol. The number of hydrogen-bond acceptors (Lipinski definition) is 3. The van der Waals surface area contributed by atoms with Gasteiger partial charge < -0.3 is 4.74 Å². The summed E-state index contributed by atoms with van der Waals surface area (Å²) in [6.07, 6.45) is 6.98. The van der Waals surface area contributed by atoms with Gasteiger partial charge in [0.15, 0.2) is 0 Å². The largest absolute Gasteiger partial charge is 0.422 e. The Morgan fingerprint density at radius 1 is 1.19 bits per heavy atom. The topological polar surface area (TPSA) is 39.2 Å². The van der Waals surface area contributed by atoms with E-state index in [2.05, 4.69) is 11.1 Å². The molecule has 0 spiro atoms. The van der Waals surface area contributed by atoms with Crippen LogP contribution in [-0.4, -0.2) is 11.0 Å². The minimum Gasteiger partial charge on any atom is -0.422 e. The first-order valence-electron chi connectivity index (χ1n) is 6.77. The summed E-state index contributed by atoms with van der Waals surface area (Å²) < 4.78 is 5.39. The van der Waals surface area contributed by atoms with Crippen LogP contribution in [0.15, 0.2) is 54.4 Å². The molecule has 3 heteroatoms. The van der Waals surface area contributed by atoms with Crippen molar-refractivity contribution in [3.05, 3.63) is 76.6 Å². The van der Waals surface area contributed by atoms with Crippen LogP contribution in [0.4, 0.5) is 0 Å². The quantitative estimate of drug-likeness (QED) is 0.621. The number of nitrogens with zero attached hydrogens (tertiary/aromatic N) is 1. The van der Waals surface area contributed by atoms with Crippen molar-refractivity contribution in [1.82, 2.24) is 4.98 Å². The summed E-state index contributed by atoms with van der Waals surface area (Å²) in [5.41, 5.74) is 4.65. The average Bonchev–Trinajstić information content (AvgIpc) is 2.81. The van der Waals surface area contributed by atoms with E-state index in [1.54, 1.807) is 24.5 Å². The van der Waals surface area contributed by atoms with Gasteiger partial charge in [0, 0.05) is 18.0 Å². The number of pyridine rings is 1. The summed E-state index contributed by atoms with van der Waals surface area (Å²) in [6, 6.07) is 9.81. The van der Waals surface area contributed by atoms with Crippen molar-refractivity contribution in [2.24, 2.45) is 0 Å². The predicted molar refractivity (Wildman–Crippen MR) is 82.2 cm³/mol.